The number of nitrogen functional groups attached to an aromatic ring is 1. The van der Waals surface area contributed by atoms with Gasteiger partial charge in [-0.3, -0.25) is 14.8 Å². The summed E-state index contributed by atoms with van der Waals surface area (Å²) in [7, 11) is 0. The Labute approximate surface area is 111 Å². The number of nitrogens with zero attached hydrogens (tertiary/aromatic N) is 3. The molecule has 0 radical (unpaired) electrons. The first-order valence-electron chi connectivity index (χ1n) is 4.77. The molecule has 0 unspecified atom stereocenters. The fourth-order valence-electron chi connectivity index (χ4n) is 1.44. The summed E-state index contributed by atoms with van der Waals surface area (Å²) >= 11 is 2.15. The van der Waals surface area contributed by atoms with Crippen molar-refractivity contribution in [3.05, 3.63) is 49.8 Å². The summed E-state index contributed by atoms with van der Waals surface area (Å²) in [6.07, 6.45) is 3.56. The number of anilines is 1. The number of hydrogen-bond acceptors (Lipinski definition) is 4. The summed E-state index contributed by atoms with van der Waals surface area (Å²) in [5.74, 6) is 0. The summed E-state index contributed by atoms with van der Waals surface area (Å²) in [6.45, 7) is 0.427. The van der Waals surface area contributed by atoms with Crippen LogP contribution in [0, 0.1) is 13.7 Å². The first kappa shape index (κ1) is 11.8. The van der Waals surface area contributed by atoms with Crippen molar-refractivity contribution in [2.24, 2.45) is 0 Å². The molecule has 1 aromatic heterocycles. The highest BCUT2D eigenvalue weighted by atomic mass is 127. The lowest BCUT2D eigenvalue weighted by molar-refractivity contribution is -0.384. The molecule has 2 rings (SSSR count). The van der Waals surface area contributed by atoms with E-state index >= 15 is 0 Å². The van der Waals surface area contributed by atoms with Gasteiger partial charge in [0.2, 0.25) is 0 Å². The zero-order valence-corrected chi connectivity index (χ0v) is 10.9. The highest BCUT2D eigenvalue weighted by Crippen LogP contribution is 2.20. The second kappa shape index (κ2) is 4.70. The van der Waals surface area contributed by atoms with Crippen molar-refractivity contribution in [2.45, 2.75) is 6.54 Å². The van der Waals surface area contributed by atoms with Crippen LogP contribution >= 0.6 is 22.6 Å². The van der Waals surface area contributed by atoms with Crippen LogP contribution in [0.2, 0.25) is 0 Å². The molecule has 17 heavy (non-hydrogen) atoms. The Morgan fingerprint density at radius 3 is 2.88 bits per heavy atom. The number of halogens is 1. The van der Waals surface area contributed by atoms with Gasteiger partial charge in [-0.25, -0.2) is 0 Å². The summed E-state index contributed by atoms with van der Waals surface area (Å²) in [4.78, 5) is 10.2. The first-order chi connectivity index (χ1) is 8.06. The number of rotatable bonds is 3. The smallest absolute Gasteiger partial charge is 0.269 e. The molecule has 1 heterocycles. The molecule has 0 saturated heterocycles. The van der Waals surface area contributed by atoms with Gasteiger partial charge in [0.25, 0.3) is 5.69 Å². The third-order valence-electron chi connectivity index (χ3n) is 2.27. The Morgan fingerprint density at radius 2 is 2.29 bits per heavy atom. The Hall–Kier alpha value is -1.64. The highest BCUT2D eigenvalue weighted by molar-refractivity contribution is 14.1. The number of aromatic nitrogens is 2. The van der Waals surface area contributed by atoms with Crippen LogP contribution < -0.4 is 5.73 Å². The minimum absolute atomic E-state index is 0.0380. The molecule has 2 N–H and O–H groups in total. The van der Waals surface area contributed by atoms with Gasteiger partial charge < -0.3 is 5.73 Å². The molecule has 88 valence electrons. The Morgan fingerprint density at radius 1 is 1.53 bits per heavy atom. The topological polar surface area (TPSA) is 87.0 Å². The number of nitro benzene ring substituents is 1. The predicted molar refractivity (Wildman–Crippen MR) is 71.6 cm³/mol. The Bertz CT molecular complexity index is 567. The largest absolute Gasteiger partial charge is 0.398 e. The number of nitro groups is 1. The van der Waals surface area contributed by atoms with Crippen LogP contribution in [0.5, 0.6) is 0 Å². The van der Waals surface area contributed by atoms with Gasteiger partial charge in [-0.15, -0.1) is 0 Å². The molecule has 1 aromatic carbocycles. The minimum Gasteiger partial charge on any atom is -0.398 e. The molecular weight excluding hydrogens is 335 g/mol. The lowest BCUT2D eigenvalue weighted by Gasteiger charge is -2.05. The van der Waals surface area contributed by atoms with Crippen molar-refractivity contribution in [2.75, 3.05) is 5.73 Å². The van der Waals surface area contributed by atoms with Crippen LogP contribution in [0.3, 0.4) is 0 Å². The zero-order chi connectivity index (χ0) is 12.4. The SMILES string of the molecule is Nc1ccc([N+](=O)[O-])cc1Cn1cc(I)cn1. The van der Waals surface area contributed by atoms with Crippen LogP contribution in [0.1, 0.15) is 5.56 Å². The second-order valence-corrected chi connectivity index (χ2v) is 4.74. The van der Waals surface area contributed by atoms with E-state index in [0.717, 1.165) is 3.57 Å². The number of nitrogens with two attached hydrogens (primary N) is 1. The zero-order valence-electron chi connectivity index (χ0n) is 8.71. The monoisotopic (exact) mass is 344 g/mol. The molecular formula is C10H9IN4O2. The van der Waals surface area contributed by atoms with E-state index in [2.05, 4.69) is 27.7 Å². The van der Waals surface area contributed by atoms with Crippen molar-refractivity contribution in [3.8, 4) is 0 Å². The minimum atomic E-state index is -0.435. The van der Waals surface area contributed by atoms with Crippen LogP contribution in [-0.4, -0.2) is 14.7 Å². The van der Waals surface area contributed by atoms with E-state index in [1.165, 1.54) is 12.1 Å². The molecule has 0 atom stereocenters. The molecule has 2 aromatic rings. The van der Waals surface area contributed by atoms with Crippen LogP contribution in [0.25, 0.3) is 0 Å². The van der Waals surface area contributed by atoms with Gasteiger partial charge in [0.15, 0.2) is 0 Å². The van der Waals surface area contributed by atoms with Gasteiger partial charge >= 0.3 is 0 Å². The summed E-state index contributed by atoms with van der Waals surface area (Å²) < 4.78 is 2.70. The van der Waals surface area contributed by atoms with E-state index in [-0.39, 0.29) is 5.69 Å². The van der Waals surface area contributed by atoms with E-state index in [9.17, 15) is 10.1 Å². The molecule has 0 aliphatic carbocycles. The quantitative estimate of drug-likeness (QED) is 0.399. The Balaban J connectivity index is 2.31. The van der Waals surface area contributed by atoms with Crippen LogP contribution in [0.4, 0.5) is 11.4 Å². The maximum Gasteiger partial charge on any atom is 0.269 e. The van der Waals surface area contributed by atoms with E-state index in [1.54, 1.807) is 16.9 Å². The lowest BCUT2D eigenvalue weighted by Crippen LogP contribution is -2.04. The van der Waals surface area contributed by atoms with Crippen molar-refractivity contribution in [1.29, 1.82) is 0 Å². The van der Waals surface area contributed by atoms with Crippen molar-refractivity contribution >= 4 is 34.0 Å². The summed E-state index contributed by atoms with van der Waals surface area (Å²) in [6, 6.07) is 4.41. The molecule has 0 amide bonds. The predicted octanol–water partition coefficient (Wildman–Crippen LogP) is 2.03. The number of hydrogen-bond donors (Lipinski definition) is 1. The van der Waals surface area contributed by atoms with E-state index in [4.69, 9.17) is 5.73 Å². The average molecular weight is 344 g/mol. The highest BCUT2D eigenvalue weighted by Gasteiger charge is 2.09. The van der Waals surface area contributed by atoms with Gasteiger partial charge in [-0.1, -0.05) is 0 Å². The molecule has 0 spiro atoms. The maximum atomic E-state index is 10.7. The molecule has 0 saturated carbocycles. The van der Waals surface area contributed by atoms with Crippen molar-refractivity contribution < 1.29 is 4.92 Å². The maximum absolute atomic E-state index is 10.7. The van der Waals surface area contributed by atoms with Crippen LogP contribution in [-0.2, 0) is 6.54 Å². The lowest BCUT2D eigenvalue weighted by atomic mass is 10.1. The van der Waals surface area contributed by atoms with Gasteiger partial charge in [-0.05, 0) is 28.7 Å². The van der Waals surface area contributed by atoms with Gasteiger partial charge in [-0.2, -0.15) is 5.10 Å². The molecule has 7 heteroatoms. The molecule has 6 nitrogen and oxygen atoms in total. The van der Waals surface area contributed by atoms with Crippen molar-refractivity contribution in [1.82, 2.24) is 9.78 Å². The molecule has 0 aliphatic heterocycles. The summed E-state index contributed by atoms with van der Waals surface area (Å²) in [5.41, 5.74) is 7.04. The fraction of sp³-hybridized carbons (Fsp3) is 0.100. The Kier molecular flexibility index (Phi) is 3.27. The number of non-ortho nitro benzene ring substituents is 1. The van der Waals surface area contributed by atoms with Gasteiger partial charge in [0.05, 0.1) is 21.2 Å². The normalized spacial score (nSPS) is 10.4. The third kappa shape index (κ3) is 2.73. The first-order valence-corrected chi connectivity index (χ1v) is 5.85. The second-order valence-electron chi connectivity index (χ2n) is 3.50. The van der Waals surface area contributed by atoms with E-state index in [0.29, 0.717) is 17.8 Å². The molecule has 0 fully saturated rings. The third-order valence-corrected chi connectivity index (χ3v) is 2.83. The van der Waals surface area contributed by atoms with E-state index in [1.807, 2.05) is 6.20 Å². The summed E-state index contributed by atoms with van der Waals surface area (Å²) in [5, 5.41) is 14.8. The van der Waals surface area contributed by atoms with E-state index < -0.39 is 4.92 Å². The standard InChI is InChI=1S/C10H9IN4O2/c11-8-4-13-14(6-8)5-7-3-9(15(16)17)1-2-10(7)12/h1-4,6H,5,12H2. The van der Waals surface area contributed by atoms with Crippen molar-refractivity contribution in [3.63, 3.8) is 0 Å². The molecule has 0 aliphatic rings. The molecule has 0 bridgehead atoms. The fourth-order valence-corrected chi connectivity index (χ4v) is 1.89. The number of benzene rings is 1. The van der Waals surface area contributed by atoms with Gasteiger partial charge in [0.1, 0.15) is 0 Å². The van der Waals surface area contributed by atoms with Gasteiger partial charge in [0, 0.05) is 29.6 Å². The van der Waals surface area contributed by atoms with Crippen LogP contribution in [0.15, 0.2) is 30.6 Å². The average Bonchev–Trinajstić information content (AvgIpc) is 2.67.